The van der Waals surface area contributed by atoms with E-state index in [1.807, 2.05) is 30.0 Å². The molecule has 0 saturated heterocycles. The van der Waals surface area contributed by atoms with Crippen molar-refractivity contribution < 1.29 is 14.2 Å². The van der Waals surface area contributed by atoms with Gasteiger partial charge in [-0.05, 0) is 59.3 Å². The van der Waals surface area contributed by atoms with Crippen LogP contribution < -0.4 is 10.3 Å². The third kappa shape index (κ3) is 9.37. The summed E-state index contributed by atoms with van der Waals surface area (Å²) < 4.78 is 19.3. The lowest BCUT2D eigenvalue weighted by atomic mass is 9.96. The van der Waals surface area contributed by atoms with Gasteiger partial charge in [0.15, 0.2) is 6.79 Å². The second-order valence-electron chi connectivity index (χ2n) is 12.1. The van der Waals surface area contributed by atoms with Crippen molar-refractivity contribution in [2.75, 3.05) is 32.0 Å². The highest BCUT2D eigenvalue weighted by molar-refractivity contribution is 7.98. The van der Waals surface area contributed by atoms with Gasteiger partial charge in [-0.2, -0.15) is 11.8 Å². The highest BCUT2D eigenvalue weighted by Gasteiger charge is 2.17. The molecule has 1 aromatic heterocycles. The van der Waals surface area contributed by atoms with E-state index >= 15 is 0 Å². The number of hydrogen-bond acceptors (Lipinski definition) is 6. The molecule has 0 fully saturated rings. The Bertz CT molecular complexity index is 1250. The molecule has 38 heavy (non-hydrogen) atoms. The summed E-state index contributed by atoms with van der Waals surface area (Å²) in [4.78, 5) is 18.2. The van der Waals surface area contributed by atoms with Crippen molar-refractivity contribution in [2.45, 2.75) is 64.5 Å². The molecule has 0 atom stereocenters. The van der Waals surface area contributed by atoms with Crippen molar-refractivity contribution >= 4 is 38.8 Å². The number of rotatable bonds is 15. The maximum Gasteiger partial charge on any atom is 0.263 e. The van der Waals surface area contributed by atoms with Gasteiger partial charge in [-0.3, -0.25) is 9.36 Å². The number of aryl methyl sites for hydroxylation is 1. The molecule has 0 amide bonds. The molecule has 0 radical (unpaired) electrons. The average Bonchev–Trinajstić information content (AvgIpc) is 2.85. The summed E-state index contributed by atoms with van der Waals surface area (Å²) in [7, 11) is -2.39. The maximum atomic E-state index is 13.6. The van der Waals surface area contributed by atoms with Crippen LogP contribution in [0.2, 0.25) is 51.4 Å². The zero-order valence-corrected chi connectivity index (χ0v) is 27.0. The largest absolute Gasteiger partial charge is 0.465 e. The molecule has 6 nitrogen and oxygen atoms in total. The maximum absolute atomic E-state index is 13.6. The molecule has 0 unspecified atom stereocenters. The van der Waals surface area contributed by atoms with E-state index in [4.69, 9.17) is 14.2 Å². The Morgan fingerprint density at radius 3 is 2.32 bits per heavy atom. The summed E-state index contributed by atoms with van der Waals surface area (Å²) in [5.74, 6) is 1.59. The van der Waals surface area contributed by atoms with Crippen LogP contribution in [0.3, 0.4) is 0 Å². The molecular weight excluding hydrogens is 529 g/mol. The van der Waals surface area contributed by atoms with E-state index in [1.54, 1.807) is 10.9 Å². The Balaban J connectivity index is 1.94. The minimum Gasteiger partial charge on any atom is -0.465 e. The topological polar surface area (TPSA) is 62.6 Å². The number of aromatic nitrogens is 2. The average molecular weight is 573 g/mol. The summed E-state index contributed by atoms with van der Waals surface area (Å²) in [5, 5.41) is 0.524. The number of fused-ring (bicyclic) bond motifs is 1. The lowest BCUT2D eigenvalue weighted by molar-refractivity contribution is 0.0228. The molecule has 0 aliphatic heterocycles. The third-order valence-electron chi connectivity index (χ3n) is 6.32. The SMILES string of the molecule is CSCCc1ccccc1-c1cc(OCOCC[Si](C)(C)C)c2ncn(COCC[Si](C)(C)C)c(=O)c2c1. The van der Waals surface area contributed by atoms with Crippen LogP contribution in [-0.4, -0.2) is 57.7 Å². The Kier molecular flexibility index (Phi) is 11.2. The summed E-state index contributed by atoms with van der Waals surface area (Å²) in [5.41, 5.74) is 3.72. The third-order valence-corrected chi connectivity index (χ3v) is 10.3. The fraction of sp³-hybridized carbons (Fsp3) is 0.517. The zero-order valence-electron chi connectivity index (χ0n) is 24.1. The first-order chi connectivity index (χ1) is 18.0. The van der Waals surface area contributed by atoms with E-state index in [9.17, 15) is 4.79 Å². The highest BCUT2D eigenvalue weighted by atomic mass is 32.2. The molecule has 0 bridgehead atoms. The summed E-state index contributed by atoms with van der Waals surface area (Å²) in [6.07, 6.45) is 4.63. The van der Waals surface area contributed by atoms with Crippen molar-refractivity contribution in [3.63, 3.8) is 0 Å². The van der Waals surface area contributed by atoms with Gasteiger partial charge < -0.3 is 14.2 Å². The van der Waals surface area contributed by atoms with Gasteiger partial charge in [0.05, 0.1) is 5.39 Å². The molecule has 9 heteroatoms. The van der Waals surface area contributed by atoms with E-state index in [0.717, 1.165) is 35.4 Å². The molecule has 3 aromatic rings. The van der Waals surface area contributed by atoms with Crippen LogP contribution in [0, 0.1) is 0 Å². The van der Waals surface area contributed by atoms with Crippen LogP contribution in [0.15, 0.2) is 47.5 Å². The van der Waals surface area contributed by atoms with Gasteiger partial charge in [0.25, 0.3) is 5.56 Å². The predicted octanol–water partition coefficient (Wildman–Crippen LogP) is 6.97. The van der Waals surface area contributed by atoms with E-state index in [-0.39, 0.29) is 19.1 Å². The van der Waals surface area contributed by atoms with E-state index < -0.39 is 16.1 Å². The smallest absolute Gasteiger partial charge is 0.263 e. The molecule has 1 heterocycles. The lowest BCUT2D eigenvalue weighted by Gasteiger charge is -2.17. The Hall–Kier alpha value is -1.92. The number of thioether (sulfide) groups is 1. The van der Waals surface area contributed by atoms with Crippen molar-refractivity contribution in [3.05, 3.63) is 58.6 Å². The summed E-state index contributed by atoms with van der Waals surface area (Å²) in [6, 6.07) is 14.4. The fourth-order valence-electron chi connectivity index (χ4n) is 3.91. The van der Waals surface area contributed by atoms with Crippen molar-refractivity contribution in [3.8, 4) is 16.9 Å². The van der Waals surface area contributed by atoms with Crippen molar-refractivity contribution in [1.29, 1.82) is 0 Å². The molecule has 0 spiro atoms. The van der Waals surface area contributed by atoms with Crippen LogP contribution in [0.4, 0.5) is 0 Å². The standard InChI is InChI=1S/C29H44N2O4SSi2/c1-36-15-12-23-10-8-9-11-25(23)24-18-26-28(27(19-24)35-22-34-14-17-38(5,6)7)30-20-31(29(26)32)21-33-13-16-37(2,3)4/h8-11,18-20H,12-17,21-22H2,1-7H3. The van der Waals surface area contributed by atoms with Crippen molar-refractivity contribution in [1.82, 2.24) is 9.55 Å². The number of benzene rings is 2. The van der Waals surface area contributed by atoms with Gasteiger partial charge in [-0.1, -0.05) is 63.5 Å². The number of hydrogen-bond donors (Lipinski definition) is 0. The Morgan fingerprint density at radius 1 is 0.947 bits per heavy atom. The van der Waals surface area contributed by atoms with Crippen LogP contribution in [0.25, 0.3) is 22.0 Å². The molecule has 208 valence electrons. The van der Waals surface area contributed by atoms with Gasteiger partial charge in [-0.15, -0.1) is 0 Å². The quantitative estimate of drug-likeness (QED) is 0.111. The monoisotopic (exact) mass is 572 g/mol. The minimum atomic E-state index is -1.21. The molecular formula is C29H44N2O4SSi2. The zero-order chi connectivity index (χ0) is 27.8. The normalized spacial score (nSPS) is 12.3. The van der Waals surface area contributed by atoms with Gasteiger partial charge >= 0.3 is 0 Å². The van der Waals surface area contributed by atoms with E-state index in [0.29, 0.717) is 29.9 Å². The fourth-order valence-corrected chi connectivity index (χ4v) is 5.85. The predicted molar refractivity (Wildman–Crippen MR) is 167 cm³/mol. The summed E-state index contributed by atoms with van der Waals surface area (Å²) >= 11 is 1.83. The molecule has 0 aliphatic carbocycles. The first-order valence-corrected chi connectivity index (χ1v) is 22.2. The van der Waals surface area contributed by atoms with Gasteiger partial charge in [0.1, 0.15) is 24.3 Å². The molecule has 3 rings (SSSR count). The Morgan fingerprint density at radius 2 is 1.63 bits per heavy atom. The number of nitrogens with zero attached hydrogens (tertiary/aromatic N) is 2. The van der Waals surface area contributed by atoms with Crippen LogP contribution >= 0.6 is 11.8 Å². The van der Waals surface area contributed by atoms with E-state index in [2.05, 4.69) is 68.7 Å². The Labute approximate surface area is 234 Å². The van der Waals surface area contributed by atoms with Crippen LogP contribution in [0.1, 0.15) is 5.56 Å². The van der Waals surface area contributed by atoms with Crippen LogP contribution in [-0.2, 0) is 22.6 Å². The van der Waals surface area contributed by atoms with E-state index in [1.165, 1.54) is 5.56 Å². The molecule has 2 aromatic carbocycles. The summed E-state index contributed by atoms with van der Waals surface area (Å²) in [6.45, 7) is 15.6. The first-order valence-electron chi connectivity index (χ1n) is 13.4. The van der Waals surface area contributed by atoms with Gasteiger partial charge in [0, 0.05) is 29.4 Å². The van der Waals surface area contributed by atoms with Gasteiger partial charge in [-0.25, -0.2) is 4.98 Å². The second-order valence-corrected chi connectivity index (χ2v) is 24.3. The van der Waals surface area contributed by atoms with Crippen LogP contribution in [0.5, 0.6) is 5.75 Å². The second kappa shape index (κ2) is 13.9. The highest BCUT2D eigenvalue weighted by Crippen LogP contribution is 2.32. The number of ether oxygens (including phenoxy) is 3. The van der Waals surface area contributed by atoms with Crippen molar-refractivity contribution in [2.24, 2.45) is 0 Å². The first kappa shape index (κ1) is 30.6. The molecule has 0 aliphatic rings. The molecule has 0 saturated carbocycles. The minimum absolute atomic E-state index is 0.127. The molecule has 0 N–H and O–H groups in total. The lowest BCUT2D eigenvalue weighted by Crippen LogP contribution is -2.25. The van der Waals surface area contributed by atoms with Gasteiger partial charge in [0.2, 0.25) is 0 Å².